The number of nitrogens with zero attached hydrogens (tertiary/aromatic N) is 5. The van der Waals surface area contributed by atoms with E-state index in [-0.39, 0.29) is 29.0 Å². The smallest absolute Gasteiger partial charge is 0.387 e. The van der Waals surface area contributed by atoms with Crippen LogP contribution in [-0.4, -0.2) is 123 Å². The lowest BCUT2D eigenvalue weighted by atomic mass is 9.98. The minimum Gasteiger partial charge on any atom is -0.387 e. The maximum Gasteiger partial charge on any atom is 0.646 e. The molecule has 2 unspecified atom stereocenters. The first kappa shape index (κ1) is 33.6. The van der Waals surface area contributed by atoms with Gasteiger partial charge in [-0.15, -0.1) is 0 Å². The number of phosphoric ester groups is 2. The van der Waals surface area contributed by atoms with Gasteiger partial charge in [-0.1, -0.05) is 6.08 Å². The molecule has 27 heteroatoms. The summed E-state index contributed by atoms with van der Waals surface area (Å²) in [7, 11) is -12.9. The molecule has 7 rings (SSSR count). The lowest BCUT2D eigenvalue weighted by Gasteiger charge is -2.37. The van der Waals surface area contributed by atoms with Crippen LogP contribution in [-0.2, 0) is 50.7 Å². The summed E-state index contributed by atoms with van der Waals surface area (Å²) in [5, 5.41) is 43.6. The van der Waals surface area contributed by atoms with E-state index in [1.54, 1.807) is 6.08 Å². The molecule has 10 atom stereocenters. The number of phosphoric acid groups is 2. The van der Waals surface area contributed by atoms with Crippen molar-refractivity contribution in [3.63, 3.8) is 0 Å². The topological polar surface area (TPSA) is 345 Å². The second-order valence-electron chi connectivity index (χ2n) is 11.0. The van der Waals surface area contributed by atoms with E-state index in [0.717, 1.165) is 17.2 Å². The van der Waals surface area contributed by atoms with Gasteiger partial charge in [-0.3, -0.25) is 18.4 Å². The summed E-state index contributed by atoms with van der Waals surface area (Å²) in [6.07, 6.45) is -1.09. The van der Waals surface area contributed by atoms with Crippen molar-refractivity contribution in [2.24, 2.45) is 5.73 Å². The van der Waals surface area contributed by atoms with Crippen LogP contribution in [0.4, 0.5) is 5.82 Å². The van der Waals surface area contributed by atoms with Crippen LogP contribution in [0.5, 0.6) is 0 Å². The zero-order chi connectivity index (χ0) is 34.4. The van der Waals surface area contributed by atoms with Crippen LogP contribution < -0.4 is 11.5 Å². The van der Waals surface area contributed by atoms with Crippen LogP contribution in [0.2, 0.25) is 0 Å². The average Bonchev–Trinajstić information content (AvgIpc) is 3.73. The van der Waals surface area contributed by atoms with Gasteiger partial charge in [0.2, 0.25) is 11.7 Å². The van der Waals surface area contributed by atoms with Gasteiger partial charge in [0, 0.05) is 18.0 Å². The van der Waals surface area contributed by atoms with Gasteiger partial charge in [0.1, 0.15) is 36.8 Å². The van der Waals surface area contributed by atoms with Gasteiger partial charge >= 0.3 is 23.0 Å². The molecule has 5 aliphatic heterocycles. The van der Waals surface area contributed by atoms with Crippen LogP contribution in [0.3, 0.4) is 0 Å². The van der Waals surface area contributed by atoms with E-state index < -0.39 is 90.2 Å². The van der Waals surface area contributed by atoms with E-state index in [9.17, 15) is 44.1 Å². The number of anilines is 1. The highest BCUT2D eigenvalue weighted by Crippen LogP contribution is 2.65. The van der Waals surface area contributed by atoms with Crippen LogP contribution >= 0.6 is 15.6 Å². The highest BCUT2D eigenvalue weighted by atomic mass is 31.3. The molecule has 4 fully saturated rings. The Labute approximate surface area is 267 Å². The summed E-state index contributed by atoms with van der Waals surface area (Å²) in [5.41, 5.74) is 11.4. The Kier molecular flexibility index (Phi) is 7.90. The van der Waals surface area contributed by atoms with Gasteiger partial charge < -0.3 is 70.0 Å². The van der Waals surface area contributed by atoms with Crippen molar-refractivity contribution >= 4 is 45.9 Å². The highest BCUT2D eigenvalue weighted by molar-refractivity contribution is 7.61. The second-order valence-corrected chi connectivity index (χ2v) is 14.0. The molecule has 0 radical (unpaired) electrons. The third-order valence-electron chi connectivity index (χ3n) is 8.00. The Morgan fingerprint density at radius 2 is 1.85 bits per heavy atom. The van der Waals surface area contributed by atoms with E-state index in [1.165, 1.54) is 17.3 Å². The number of aromatic nitrogens is 4. The number of aliphatic hydroxyl groups is 4. The van der Waals surface area contributed by atoms with Crippen molar-refractivity contribution in [1.82, 2.24) is 24.4 Å². The first-order chi connectivity index (χ1) is 22.5. The lowest BCUT2D eigenvalue weighted by Crippen LogP contribution is -2.64. The number of ether oxygens (including phenoxy) is 2. The fraction of sp³-hybridized carbons (Fsp3) is 0.524. The van der Waals surface area contributed by atoms with E-state index in [1.807, 2.05) is 0 Å². The van der Waals surface area contributed by atoms with Crippen LogP contribution in [0.25, 0.3) is 11.2 Å². The van der Waals surface area contributed by atoms with Crippen molar-refractivity contribution in [3.8, 4) is 0 Å². The summed E-state index contributed by atoms with van der Waals surface area (Å²) >= 11 is 0. The number of hydrogen-bond donors (Lipinski definition) is 8. The molecule has 7 heterocycles. The zero-order valence-corrected chi connectivity index (χ0v) is 25.7. The molecule has 260 valence electrons. The average molecular weight is 721 g/mol. The normalized spacial score (nSPS) is 38.0. The van der Waals surface area contributed by atoms with E-state index in [0.29, 0.717) is 0 Å². The van der Waals surface area contributed by atoms with Gasteiger partial charge in [0.25, 0.3) is 11.6 Å². The molecule has 0 aliphatic carbocycles. The number of carbonyl (C=O) groups excluding carboxylic acids is 1. The van der Waals surface area contributed by atoms with Crippen LogP contribution in [0.1, 0.15) is 12.6 Å². The first-order valence-corrected chi connectivity index (χ1v) is 16.7. The standard InChI is InChI=1S/C21H26BN7O17P2/c23-14-11-16(26-7-25-14)29(8-27-11)18-20(33)21(34)19(42-18,43-22(44-20)45-21)6-40-48(37,38)46-47(35,36)39-5-10-12(30)13(31)17(41-10)28-3-1-2-9(4-28)15(24)32/h1,3-4,7-8,10,12-13,17-18,30-31,33-34H,2,5-6H2,(H2,24,32)(H,35,36)(H,37,38)(H2,23,25,26)/t10-,12-,13-,17-,18-,19+,20-,21-/m1/s1. The molecule has 0 saturated carbocycles. The Hall–Kier alpha value is -2.94. The molecule has 4 saturated heterocycles. The predicted molar refractivity (Wildman–Crippen MR) is 148 cm³/mol. The number of rotatable bonds is 11. The minimum absolute atomic E-state index is 0.0120. The molecule has 0 aromatic carbocycles. The molecule has 0 spiro atoms. The zero-order valence-electron chi connectivity index (χ0n) is 23.9. The summed E-state index contributed by atoms with van der Waals surface area (Å²) in [6.45, 7) is -2.22. The van der Waals surface area contributed by atoms with Crippen LogP contribution in [0, 0.1) is 0 Å². The quantitative estimate of drug-likeness (QED) is 0.0819. The Bertz CT molecular complexity index is 1820. The fourth-order valence-electron chi connectivity index (χ4n) is 5.69. The van der Waals surface area contributed by atoms with Gasteiger partial charge in [0.05, 0.1) is 12.9 Å². The summed E-state index contributed by atoms with van der Waals surface area (Å²) in [5.74, 6) is -9.04. The highest BCUT2D eigenvalue weighted by Gasteiger charge is 2.89. The first-order valence-electron chi connectivity index (χ1n) is 13.7. The molecule has 2 aromatic rings. The third kappa shape index (κ3) is 5.20. The SMILES string of the molecule is NC(=O)C1=CN([C@@H]2O[C@H](COP(=O)(O)OP(=O)(O)OC[C@]34OB5O[C@@]3(O)[C@](O)(O5)[C@H](n3cnc5c(N)ncnc53)O4)[C@@H](O)[C@H]2O)C=CC1. The van der Waals surface area contributed by atoms with Gasteiger partial charge in [-0.25, -0.2) is 24.1 Å². The van der Waals surface area contributed by atoms with Crippen molar-refractivity contribution in [2.75, 3.05) is 18.9 Å². The van der Waals surface area contributed by atoms with Crippen molar-refractivity contribution in [1.29, 1.82) is 0 Å². The Balaban J connectivity index is 1.01. The number of carbonyl (C=O) groups is 1. The molecule has 5 aliphatic rings. The van der Waals surface area contributed by atoms with Gasteiger partial charge in [0.15, 0.2) is 23.9 Å². The number of nitrogen functional groups attached to an aromatic ring is 1. The number of imidazole rings is 1. The number of primary amides is 1. The molecule has 2 bridgehead atoms. The van der Waals surface area contributed by atoms with E-state index >= 15 is 0 Å². The molecular formula is C21H26BN7O17P2. The summed E-state index contributed by atoms with van der Waals surface area (Å²) in [4.78, 5) is 45.1. The third-order valence-corrected chi connectivity index (χ3v) is 10.6. The molecule has 48 heavy (non-hydrogen) atoms. The molecule has 2 aromatic heterocycles. The predicted octanol–water partition coefficient (Wildman–Crippen LogP) is -3.64. The summed E-state index contributed by atoms with van der Waals surface area (Å²) < 4.78 is 67.4. The second kappa shape index (κ2) is 11.3. The molecule has 24 nitrogen and oxygen atoms in total. The molecular weight excluding hydrogens is 695 g/mol. The number of aliphatic hydroxyl groups excluding tert-OH is 2. The summed E-state index contributed by atoms with van der Waals surface area (Å²) in [6, 6.07) is 0. The molecule has 10 N–H and O–H groups in total. The van der Waals surface area contributed by atoms with Gasteiger partial charge in [-0.2, -0.15) is 4.31 Å². The lowest BCUT2D eigenvalue weighted by molar-refractivity contribution is -0.342. The minimum atomic E-state index is -5.61. The largest absolute Gasteiger partial charge is 0.646 e. The van der Waals surface area contributed by atoms with E-state index in [2.05, 4.69) is 19.3 Å². The van der Waals surface area contributed by atoms with Gasteiger partial charge in [-0.05, 0) is 6.42 Å². The van der Waals surface area contributed by atoms with E-state index in [4.69, 9.17) is 44.0 Å². The fourth-order valence-corrected chi connectivity index (χ4v) is 7.78. The number of amides is 1. The number of nitrogens with two attached hydrogens (primary N) is 2. The molecule has 1 amide bonds. The number of allylic oxidation sites excluding steroid dienone is 1. The maximum atomic E-state index is 12.8. The Morgan fingerprint density at radius 1 is 1.10 bits per heavy atom. The number of fused-ring (bicyclic) bond motifs is 2. The van der Waals surface area contributed by atoms with Crippen molar-refractivity contribution in [2.45, 2.75) is 54.5 Å². The maximum absolute atomic E-state index is 12.8. The van der Waals surface area contributed by atoms with Crippen molar-refractivity contribution < 1.29 is 80.9 Å². The van der Waals surface area contributed by atoms with Crippen molar-refractivity contribution in [3.05, 3.63) is 36.7 Å². The van der Waals surface area contributed by atoms with Crippen LogP contribution in [0.15, 0.2) is 36.7 Å². The Morgan fingerprint density at radius 3 is 2.58 bits per heavy atom. The monoisotopic (exact) mass is 721 g/mol. The number of hydrogen-bond acceptors (Lipinski definition) is 20.